The minimum absolute atomic E-state index is 0.108. The standard InChI is InChI=1S/C25H29FN4O4/c1-17-7-9-27(10-8-17)23-6-4-20(30(33)34)16-21(23)25(32)29-13-11-28(12-14-29)24-5-3-19(18(2)31)15-22(24)26/h3-6,15-17H,7-14H2,1-2H3. The van der Waals surface area contributed by atoms with Crippen molar-refractivity contribution in [2.24, 2.45) is 5.92 Å². The Morgan fingerprint density at radius 3 is 2.15 bits per heavy atom. The maximum Gasteiger partial charge on any atom is 0.270 e. The van der Waals surface area contributed by atoms with Crippen molar-refractivity contribution in [1.29, 1.82) is 0 Å². The molecule has 2 aliphatic rings. The van der Waals surface area contributed by atoms with Crippen LogP contribution in [0.3, 0.4) is 0 Å². The Balaban J connectivity index is 1.52. The molecule has 0 spiro atoms. The normalized spacial score (nSPS) is 17.1. The largest absolute Gasteiger partial charge is 0.371 e. The number of hydrogen-bond donors (Lipinski definition) is 0. The third-order valence-electron chi connectivity index (χ3n) is 6.81. The number of halogens is 1. The topological polar surface area (TPSA) is 87.0 Å². The maximum atomic E-state index is 14.6. The number of rotatable bonds is 5. The van der Waals surface area contributed by atoms with Crippen molar-refractivity contribution in [3.05, 3.63) is 63.5 Å². The van der Waals surface area contributed by atoms with Gasteiger partial charge in [0.15, 0.2) is 5.78 Å². The second-order valence-corrected chi connectivity index (χ2v) is 9.13. The molecule has 8 nitrogen and oxygen atoms in total. The number of nitrogens with zero attached hydrogens (tertiary/aromatic N) is 4. The Kier molecular flexibility index (Phi) is 6.81. The fraction of sp³-hybridized carbons (Fsp3) is 0.440. The number of piperidine rings is 1. The number of amides is 1. The first-order valence-corrected chi connectivity index (χ1v) is 11.6. The van der Waals surface area contributed by atoms with Crippen LogP contribution in [0.2, 0.25) is 0 Å². The highest BCUT2D eigenvalue weighted by Gasteiger charge is 2.29. The predicted octanol–water partition coefficient (Wildman–Crippen LogP) is 4.14. The number of nitro groups is 1. The summed E-state index contributed by atoms with van der Waals surface area (Å²) in [5, 5.41) is 11.4. The molecule has 0 aliphatic carbocycles. The van der Waals surface area contributed by atoms with Crippen molar-refractivity contribution in [1.82, 2.24) is 4.90 Å². The van der Waals surface area contributed by atoms with Gasteiger partial charge in [0.05, 0.1) is 21.9 Å². The van der Waals surface area contributed by atoms with Gasteiger partial charge in [-0.2, -0.15) is 0 Å². The predicted molar refractivity (Wildman–Crippen MR) is 128 cm³/mol. The quantitative estimate of drug-likeness (QED) is 0.373. The van der Waals surface area contributed by atoms with Gasteiger partial charge in [-0.05, 0) is 49.9 Å². The summed E-state index contributed by atoms with van der Waals surface area (Å²) in [7, 11) is 0. The molecule has 2 aromatic carbocycles. The van der Waals surface area contributed by atoms with Crippen molar-refractivity contribution in [2.45, 2.75) is 26.7 Å². The highest BCUT2D eigenvalue weighted by Crippen LogP contribution is 2.31. The lowest BCUT2D eigenvalue weighted by Gasteiger charge is -2.37. The molecular formula is C25H29FN4O4. The van der Waals surface area contributed by atoms with E-state index in [1.54, 1.807) is 23.1 Å². The van der Waals surface area contributed by atoms with Crippen molar-refractivity contribution in [3.63, 3.8) is 0 Å². The van der Waals surface area contributed by atoms with E-state index in [1.807, 2.05) is 4.90 Å². The first kappa shape index (κ1) is 23.7. The molecule has 2 saturated heterocycles. The highest BCUT2D eigenvalue weighted by atomic mass is 19.1. The smallest absolute Gasteiger partial charge is 0.270 e. The number of non-ortho nitro benzene ring substituents is 1. The summed E-state index contributed by atoms with van der Waals surface area (Å²) in [5.74, 6) is -0.291. The number of Topliss-reactive ketones (excluding diaryl/α,β-unsaturated/α-hetero) is 1. The monoisotopic (exact) mass is 468 g/mol. The van der Waals surface area contributed by atoms with Gasteiger partial charge in [-0.1, -0.05) is 6.92 Å². The van der Waals surface area contributed by atoms with Crippen LogP contribution in [0.25, 0.3) is 0 Å². The summed E-state index contributed by atoms with van der Waals surface area (Å²) in [4.78, 5) is 41.5. The van der Waals surface area contributed by atoms with Gasteiger partial charge in [0, 0.05) is 57.0 Å². The summed E-state index contributed by atoms with van der Waals surface area (Å²) in [5.41, 5.74) is 1.68. The van der Waals surface area contributed by atoms with Gasteiger partial charge in [0.1, 0.15) is 5.82 Å². The molecule has 34 heavy (non-hydrogen) atoms. The van der Waals surface area contributed by atoms with Gasteiger partial charge < -0.3 is 14.7 Å². The molecular weight excluding hydrogens is 439 g/mol. The summed E-state index contributed by atoms with van der Waals surface area (Å²) >= 11 is 0. The Hall–Kier alpha value is -3.49. The average molecular weight is 469 g/mol. The molecule has 2 fully saturated rings. The number of nitro benzene ring substituents is 1. The lowest BCUT2D eigenvalue weighted by atomic mass is 9.97. The third-order valence-corrected chi connectivity index (χ3v) is 6.81. The van der Waals surface area contributed by atoms with Gasteiger partial charge in [0.25, 0.3) is 11.6 Å². The second-order valence-electron chi connectivity index (χ2n) is 9.13. The molecule has 0 aromatic heterocycles. The van der Waals surface area contributed by atoms with Crippen LogP contribution in [0.4, 0.5) is 21.5 Å². The number of anilines is 2. The fourth-order valence-corrected chi connectivity index (χ4v) is 4.64. The minimum atomic E-state index is -0.482. The summed E-state index contributed by atoms with van der Waals surface area (Å²) in [6.07, 6.45) is 2.02. The Labute approximate surface area is 198 Å². The molecule has 0 saturated carbocycles. The highest BCUT2D eigenvalue weighted by molar-refractivity contribution is 6.00. The Bertz CT molecular complexity index is 1110. The van der Waals surface area contributed by atoms with Crippen LogP contribution >= 0.6 is 0 Å². The molecule has 9 heteroatoms. The van der Waals surface area contributed by atoms with Crippen LogP contribution in [0.1, 0.15) is 47.4 Å². The SMILES string of the molecule is CC(=O)c1ccc(N2CCN(C(=O)c3cc([N+](=O)[O-])ccc3N3CCC(C)CC3)CC2)c(F)c1. The molecule has 4 rings (SSSR count). The molecule has 0 bridgehead atoms. The number of carbonyl (C=O) groups is 2. The van der Waals surface area contributed by atoms with Crippen LogP contribution in [0.15, 0.2) is 36.4 Å². The van der Waals surface area contributed by atoms with Crippen LogP contribution in [0, 0.1) is 21.8 Å². The van der Waals surface area contributed by atoms with Gasteiger partial charge in [-0.25, -0.2) is 4.39 Å². The number of hydrogen-bond acceptors (Lipinski definition) is 6. The summed E-state index contributed by atoms with van der Waals surface area (Å²) < 4.78 is 14.6. The number of benzene rings is 2. The molecule has 0 unspecified atom stereocenters. The fourth-order valence-electron chi connectivity index (χ4n) is 4.64. The van der Waals surface area contributed by atoms with Crippen LogP contribution < -0.4 is 9.80 Å². The first-order chi connectivity index (χ1) is 16.2. The maximum absolute atomic E-state index is 14.6. The molecule has 180 valence electrons. The van der Waals surface area contributed by atoms with E-state index < -0.39 is 10.7 Å². The van der Waals surface area contributed by atoms with E-state index in [0.29, 0.717) is 48.9 Å². The van der Waals surface area contributed by atoms with Crippen LogP contribution in [-0.4, -0.2) is 60.8 Å². The van der Waals surface area contributed by atoms with Gasteiger partial charge in [-0.15, -0.1) is 0 Å². The number of carbonyl (C=O) groups excluding carboxylic acids is 2. The average Bonchev–Trinajstić information content (AvgIpc) is 2.83. The number of ketones is 1. The second kappa shape index (κ2) is 9.79. The zero-order valence-electron chi connectivity index (χ0n) is 19.5. The van der Waals surface area contributed by atoms with Gasteiger partial charge in [-0.3, -0.25) is 19.7 Å². The van der Waals surface area contributed by atoms with E-state index in [-0.39, 0.29) is 17.4 Å². The van der Waals surface area contributed by atoms with E-state index in [2.05, 4.69) is 11.8 Å². The molecule has 0 N–H and O–H groups in total. The van der Waals surface area contributed by atoms with E-state index in [0.717, 1.165) is 31.6 Å². The summed E-state index contributed by atoms with van der Waals surface area (Å²) in [6.45, 7) is 6.80. The Morgan fingerprint density at radius 2 is 1.56 bits per heavy atom. The zero-order valence-corrected chi connectivity index (χ0v) is 19.5. The van der Waals surface area contributed by atoms with Gasteiger partial charge in [0.2, 0.25) is 0 Å². The minimum Gasteiger partial charge on any atom is -0.371 e. The lowest BCUT2D eigenvalue weighted by Crippen LogP contribution is -2.49. The molecule has 2 aromatic rings. The van der Waals surface area contributed by atoms with Crippen molar-refractivity contribution in [3.8, 4) is 0 Å². The van der Waals surface area contributed by atoms with Crippen LogP contribution in [0.5, 0.6) is 0 Å². The lowest BCUT2D eigenvalue weighted by molar-refractivity contribution is -0.384. The number of piperazine rings is 1. The van der Waals surface area contributed by atoms with E-state index >= 15 is 0 Å². The molecule has 0 atom stereocenters. The van der Waals surface area contributed by atoms with Crippen molar-refractivity contribution in [2.75, 3.05) is 49.1 Å². The first-order valence-electron chi connectivity index (χ1n) is 11.6. The molecule has 1 amide bonds. The molecule has 2 aliphatic heterocycles. The van der Waals surface area contributed by atoms with E-state index in [9.17, 15) is 24.1 Å². The van der Waals surface area contributed by atoms with Gasteiger partial charge >= 0.3 is 0 Å². The van der Waals surface area contributed by atoms with Crippen molar-refractivity contribution >= 4 is 28.8 Å². The summed E-state index contributed by atoms with van der Waals surface area (Å²) in [6, 6.07) is 8.96. The van der Waals surface area contributed by atoms with E-state index in [1.165, 1.54) is 25.1 Å². The van der Waals surface area contributed by atoms with Crippen LogP contribution in [-0.2, 0) is 0 Å². The Morgan fingerprint density at radius 1 is 0.941 bits per heavy atom. The molecule has 0 radical (unpaired) electrons. The zero-order chi connectivity index (χ0) is 24.4. The molecule has 2 heterocycles. The van der Waals surface area contributed by atoms with E-state index in [4.69, 9.17) is 0 Å². The third kappa shape index (κ3) is 4.88. The van der Waals surface area contributed by atoms with Crippen molar-refractivity contribution < 1.29 is 18.9 Å².